The Labute approximate surface area is 421 Å². The molecule has 3 aromatic rings. The van der Waals surface area contributed by atoms with Crippen molar-refractivity contribution in [2.24, 2.45) is 0 Å². The Morgan fingerprint density at radius 2 is 0.472 bits per heavy atom. The van der Waals surface area contributed by atoms with E-state index in [4.69, 9.17) is 47.9 Å². The van der Waals surface area contributed by atoms with Crippen molar-refractivity contribution in [3.63, 3.8) is 0 Å². The van der Waals surface area contributed by atoms with Gasteiger partial charge < -0.3 is 88.7 Å². The van der Waals surface area contributed by atoms with E-state index in [2.05, 4.69) is 16.0 Å². The van der Waals surface area contributed by atoms with Gasteiger partial charge in [-0.25, -0.2) is 9.97 Å². The highest BCUT2D eigenvalue weighted by atomic mass is 16.5. The molecular weight excluding hydrogens is 937 g/mol. The molecule has 5 rings (SSSR count). The Morgan fingerprint density at radius 3 is 0.708 bits per heavy atom. The van der Waals surface area contributed by atoms with Gasteiger partial charge in [0.25, 0.3) is 0 Å². The second-order valence-corrected chi connectivity index (χ2v) is 16.8. The van der Waals surface area contributed by atoms with E-state index in [1.165, 1.54) is 0 Å². The van der Waals surface area contributed by atoms with Crippen LogP contribution in [-0.4, -0.2) is 219 Å². The van der Waals surface area contributed by atoms with Crippen molar-refractivity contribution in [1.29, 1.82) is 0 Å². The van der Waals surface area contributed by atoms with E-state index in [0.29, 0.717) is 127 Å². The lowest BCUT2D eigenvalue weighted by Crippen LogP contribution is -2.07. The van der Waals surface area contributed by atoms with E-state index >= 15 is 0 Å². The van der Waals surface area contributed by atoms with Gasteiger partial charge in [-0.3, -0.25) is 0 Å². The Bertz CT molecular complexity index is 2130. The molecule has 3 aromatic heterocycles. The minimum absolute atomic E-state index is 0.128. The van der Waals surface area contributed by atoms with Gasteiger partial charge >= 0.3 is 0 Å². The molecule has 0 radical (unpaired) electrons. The molecule has 20 heteroatoms. The smallest absolute Gasteiger partial charge is 0.0697 e. The summed E-state index contributed by atoms with van der Waals surface area (Å²) in [6.07, 6.45) is 3.64. The number of rotatable bonds is 40. The van der Waals surface area contributed by atoms with Gasteiger partial charge in [0.15, 0.2) is 0 Å². The topological polar surface area (TPSA) is 293 Å². The molecule has 2 aliphatic heterocycles. The van der Waals surface area contributed by atoms with Crippen LogP contribution in [0.25, 0.3) is 44.4 Å². The maximum Gasteiger partial charge on any atom is 0.0697 e. The van der Waals surface area contributed by atoms with Gasteiger partial charge in [-0.15, -0.1) is 0 Å². The van der Waals surface area contributed by atoms with Crippen LogP contribution in [0, 0.1) is 0 Å². The van der Waals surface area contributed by atoms with E-state index in [-0.39, 0.29) is 106 Å². The SMILES string of the molecule is OCCOCCC1=C(CCOCCO)c2cc3[nH]c(cc4[nH]c(cc5nc(cc1n2)C(CCOCCO)=C5CCOCCO)c(CCOCCO)c4CCOCCO)c(CCOCCO)c3CCOCCO. The largest absolute Gasteiger partial charge is 0.394 e. The molecule has 0 spiro atoms. The van der Waals surface area contributed by atoms with Crippen molar-refractivity contribution < 1.29 is 78.7 Å². The first-order valence-corrected chi connectivity index (χ1v) is 25.2. The van der Waals surface area contributed by atoms with Crippen molar-refractivity contribution in [3.8, 4) is 0 Å². The fourth-order valence-electron chi connectivity index (χ4n) is 8.89. The van der Waals surface area contributed by atoms with Crippen LogP contribution >= 0.6 is 0 Å². The number of aromatic nitrogens is 4. The first-order valence-electron chi connectivity index (χ1n) is 25.2. The van der Waals surface area contributed by atoms with Crippen LogP contribution in [0.5, 0.6) is 0 Å². The molecule has 402 valence electrons. The Morgan fingerprint density at radius 1 is 0.264 bits per heavy atom. The van der Waals surface area contributed by atoms with Crippen molar-refractivity contribution in [2.45, 2.75) is 51.4 Å². The van der Waals surface area contributed by atoms with Gasteiger partial charge in [0.2, 0.25) is 0 Å². The second kappa shape index (κ2) is 34.4. The summed E-state index contributed by atoms with van der Waals surface area (Å²) in [7, 11) is 0. The molecule has 0 aromatic carbocycles. The Hall–Kier alpha value is -4.04. The summed E-state index contributed by atoms with van der Waals surface area (Å²) in [5, 5.41) is 76.9. The summed E-state index contributed by atoms with van der Waals surface area (Å²) in [5.41, 5.74) is 13.2. The lowest BCUT2D eigenvalue weighted by Gasteiger charge is -2.11. The number of aliphatic hydroxyl groups excluding tert-OH is 8. The van der Waals surface area contributed by atoms with Crippen LogP contribution in [0.3, 0.4) is 0 Å². The molecule has 10 N–H and O–H groups in total. The number of hydrogen-bond donors (Lipinski definition) is 10. The number of aliphatic hydroxyl groups is 8. The highest BCUT2D eigenvalue weighted by molar-refractivity contribution is 5.96. The average molecular weight is 1020 g/mol. The van der Waals surface area contributed by atoms with Crippen LogP contribution in [0.15, 0.2) is 24.3 Å². The lowest BCUT2D eigenvalue weighted by atomic mass is 9.96. The van der Waals surface area contributed by atoms with Gasteiger partial charge in [-0.2, -0.15) is 0 Å². The molecule has 0 aliphatic carbocycles. The maximum atomic E-state index is 9.62. The van der Waals surface area contributed by atoms with Gasteiger partial charge in [0.05, 0.1) is 181 Å². The zero-order chi connectivity index (χ0) is 51.2. The predicted octanol–water partition coefficient (Wildman–Crippen LogP) is 1.94. The number of hydrogen-bond acceptors (Lipinski definition) is 18. The molecule has 0 saturated heterocycles. The molecule has 5 heterocycles. The van der Waals surface area contributed by atoms with Crippen LogP contribution in [-0.2, 0) is 63.6 Å². The molecule has 8 bridgehead atoms. The van der Waals surface area contributed by atoms with Gasteiger partial charge in [0.1, 0.15) is 0 Å². The van der Waals surface area contributed by atoms with Crippen LogP contribution in [0.2, 0.25) is 0 Å². The summed E-state index contributed by atoms with van der Waals surface area (Å²) >= 11 is 0. The van der Waals surface area contributed by atoms with Gasteiger partial charge in [-0.1, -0.05) is 0 Å². The molecule has 0 amide bonds. The zero-order valence-electron chi connectivity index (χ0n) is 41.7. The molecule has 0 unspecified atom stereocenters. The van der Waals surface area contributed by atoms with E-state index in [9.17, 15) is 40.9 Å². The van der Waals surface area contributed by atoms with Crippen molar-refractivity contribution in [2.75, 3.05) is 159 Å². The van der Waals surface area contributed by atoms with Crippen LogP contribution < -0.4 is 0 Å². The third kappa shape index (κ3) is 18.1. The number of nitrogens with one attached hydrogen (secondary N) is 2. The summed E-state index contributed by atoms with van der Waals surface area (Å²) < 4.78 is 46.9. The highest BCUT2D eigenvalue weighted by Gasteiger charge is 2.26. The molecule has 20 nitrogen and oxygen atoms in total. The zero-order valence-corrected chi connectivity index (χ0v) is 41.7. The summed E-state index contributed by atoms with van der Waals surface area (Å²) in [6, 6.07) is 8.10. The standard InChI is InChI=1S/C52H78N4O16/c57-9-25-65-17-1-37-38(2-18-66-26-10-58)46-34-48-41(5-21-69-29-13-61)42(6-22-70-30-14-62)50(55-48)36-52-44(8-24-72-32-16-64)43(7-23-71-31-15-63)51(56-52)35-49-40(4-20-68-28-12-60)39(3-19-67-27-11-59)47(54-49)33-45(37)53-46/h33-36,53-54,57-64H,1-32H2. The summed E-state index contributed by atoms with van der Waals surface area (Å²) in [6.45, 7) is 2.66. The summed E-state index contributed by atoms with van der Waals surface area (Å²) in [4.78, 5) is 18.2. The molecule has 0 atom stereocenters. The third-order valence-corrected chi connectivity index (χ3v) is 12.0. The number of H-pyrrole nitrogens is 2. The molecule has 0 saturated carbocycles. The van der Waals surface area contributed by atoms with Gasteiger partial charge in [0, 0.05) is 22.1 Å². The highest BCUT2D eigenvalue weighted by Crippen LogP contribution is 2.40. The molecular formula is C52H78N4O16. The molecule has 72 heavy (non-hydrogen) atoms. The van der Waals surface area contributed by atoms with Gasteiger partial charge in [-0.05, 0) is 120 Å². The maximum absolute atomic E-state index is 9.62. The second-order valence-electron chi connectivity index (χ2n) is 16.8. The fraction of sp³-hybridized carbons (Fsp3) is 0.615. The van der Waals surface area contributed by atoms with E-state index in [0.717, 1.165) is 66.6 Å². The van der Waals surface area contributed by atoms with Crippen molar-refractivity contribution in [1.82, 2.24) is 19.9 Å². The predicted molar refractivity (Wildman–Crippen MR) is 271 cm³/mol. The van der Waals surface area contributed by atoms with E-state index in [1.807, 2.05) is 18.2 Å². The first kappa shape index (κ1) is 58.8. The fourth-order valence-corrected chi connectivity index (χ4v) is 8.89. The van der Waals surface area contributed by atoms with Crippen LogP contribution in [0.1, 0.15) is 70.7 Å². The summed E-state index contributed by atoms with van der Waals surface area (Å²) in [5.74, 6) is 0. The third-order valence-electron chi connectivity index (χ3n) is 12.0. The number of fused-ring (bicyclic) bond motifs is 8. The minimum Gasteiger partial charge on any atom is -0.394 e. The average Bonchev–Trinajstić information content (AvgIpc) is 4.09. The monoisotopic (exact) mass is 1010 g/mol. The van der Waals surface area contributed by atoms with Crippen LogP contribution in [0.4, 0.5) is 0 Å². The Balaban J connectivity index is 1.96. The normalized spacial score (nSPS) is 12.9. The number of aromatic amines is 2. The van der Waals surface area contributed by atoms with E-state index in [1.54, 1.807) is 0 Å². The number of ether oxygens (including phenoxy) is 8. The minimum atomic E-state index is -0.134. The Kier molecular flexibility index (Phi) is 28.2. The van der Waals surface area contributed by atoms with Crippen molar-refractivity contribution >= 4 is 44.4 Å². The lowest BCUT2D eigenvalue weighted by molar-refractivity contribution is 0.0925. The van der Waals surface area contributed by atoms with Crippen molar-refractivity contribution in [3.05, 3.63) is 69.3 Å². The molecule has 0 fully saturated rings. The quantitative estimate of drug-likeness (QED) is 0.0364. The van der Waals surface area contributed by atoms with E-state index < -0.39 is 0 Å². The first-order chi connectivity index (χ1) is 35.5. The number of nitrogens with zero attached hydrogens (tertiary/aromatic N) is 2. The molecule has 2 aliphatic rings.